The first kappa shape index (κ1) is 15.1. The van der Waals surface area contributed by atoms with Crippen molar-refractivity contribution in [1.29, 1.82) is 0 Å². The molecule has 3 heteroatoms. The zero-order valence-electron chi connectivity index (χ0n) is 12.2. The Balaban J connectivity index is 2.14. The molecule has 23 heavy (non-hydrogen) atoms. The van der Waals surface area contributed by atoms with Crippen LogP contribution in [0, 0.1) is 11.6 Å². The van der Waals surface area contributed by atoms with E-state index < -0.39 is 0 Å². The van der Waals surface area contributed by atoms with E-state index in [9.17, 15) is 13.6 Å². The number of halogens is 2. The van der Waals surface area contributed by atoms with E-state index in [0.29, 0.717) is 11.1 Å². The first-order valence-electron chi connectivity index (χ1n) is 7.24. The van der Waals surface area contributed by atoms with E-state index in [0.717, 1.165) is 17.4 Å². The number of aldehydes is 1. The van der Waals surface area contributed by atoms with Crippen LogP contribution < -0.4 is 0 Å². The third-order valence-electron chi connectivity index (χ3n) is 3.83. The van der Waals surface area contributed by atoms with Crippen molar-refractivity contribution in [2.24, 2.45) is 0 Å². The van der Waals surface area contributed by atoms with E-state index in [2.05, 4.69) is 0 Å². The van der Waals surface area contributed by atoms with E-state index in [1.54, 1.807) is 54.6 Å². The van der Waals surface area contributed by atoms with Crippen molar-refractivity contribution in [2.45, 2.75) is 5.92 Å². The lowest BCUT2D eigenvalue weighted by Gasteiger charge is -2.19. The van der Waals surface area contributed by atoms with Crippen molar-refractivity contribution in [3.63, 3.8) is 0 Å². The quantitative estimate of drug-likeness (QED) is 0.492. The molecule has 0 N–H and O–H groups in total. The van der Waals surface area contributed by atoms with Crippen LogP contribution >= 0.6 is 0 Å². The van der Waals surface area contributed by atoms with Crippen LogP contribution in [0.5, 0.6) is 0 Å². The molecule has 0 bridgehead atoms. The van der Waals surface area contributed by atoms with Gasteiger partial charge in [0, 0.05) is 11.5 Å². The molecule has 0 aliphatic rings. The highest BCUT2D eigenvalue weighted by Gasteiger charge is 2.20. The van der Waals surface area contributed by atoms with Gasteiger partial charge in [0.15, 0.2) is 0 Å². The maximum atomic E-state index is 14.3. The van der Waals surface area contributed by atoms with Crippen LogP contribution in [0.4, 0.5) is 8.78 Å². The van der Waals surface area contributed by atoms with E-state index >= 15 is 0 Å². The number of carbonyl (C=O) groups excluding carboxylic acids is 1. The Morgan fingerprint density at radius 1 is 0.739 bits per heavy atom. The van der Waals surface area contributed by atoms with E-state index in [-0.39, 0.29) is 17.6 Å². The largest absolute Gasteiger partial charge is 0.298 e. The van der Waals surface area contributed by atoms with Crippen molar-refractivity contribution in [3.8, 4) is 0 Å². The Labute approximate surface area is 133 Å². The van der Waals surface area contributed by atoms with Gasteiger partial charge in [0.25, 0.3) is 0 Å². The number of carbonyl (C=O) groups is 1. The minimum atomic E-state index is -0.363. The van der Waals surface area contributed by atoms with Crippen LogP contribution in [0.2, 0.25) is 0 Å². The van der Waals surface area contributed by atoms with E-state index in [1.165, 1.54) is 18.2 Å². The molecular formula is C20H14F2O. The summed E-state index contributed by atoms with van der Waals surface area (Å²) in [4.78, 5) is 10.8. The second kappa shape index (κ2) is 6.53. The highest BCUT2D eigenvalue weighted by molar-refractivity contribution is 5.74. The third kappa shape index (κ3) is 3.19. The molecular weight excluding hydrogens is 294 g/mol. The summed E-state index contributed by atoms with van der Waals surface area (Å²) in [5, 5.41) is 0. The van der Waals surface area contributed by atoms with Gasteiger partial charge in [-0.05, 0) is 34.9 Å². The molecule has 0 aromatic heterocycles. The summed E-state index contributed by atoms with van der Waals surface area (Å²) in [7, 11) is 0. The summed E-state index contributed by atoms with van der Waals surface area (Å²) < 4.78 is 27.5. The summed E-state index contributed by atoms with van der Waals surface area (Å²) in [6.07, 6.45) is 0.764. The van der Waals surface area contributed by atoms with Gasteiger partial charge in [-0.2, -0.15) is 0 Å². The van der Waals surface area contributed by atoms with Crippen LogP contribution in [-0.2, 0) is 0 Å². The molecule has 0 heterocycles. The van der Waals surface area contributed by atoms with Gasteiger partial charge in [-0.25, -0.2) is 8.78 Å². The first-order chi connectivity index (χ1) is 11.2. The molecule has 1 unspecified atom stereocenters. The zero-order chi connectivity index (χ0) is 16.2. The average molecular weight is 308 g/mol. The van der Waals surface area contributed by atoms with Gasteiger partial charge < -0.3 is 0 Å². The molecule has 0 radical (unpaired) electrons. The predicted octanol–water partition coefficient (Wildman–Crippen LogP) is 4.96. The molecule has 0 aliphatic heterocycles. The smallest absolute Gasteiger partial charge is 0.150 e. The molecule has 3 aromatic carbocycles. The standard InChI is InChI=1S/C20H14F2O/c21-17-11-9-16(10-12-17)20(18-3-1-2-4-19(18)22)15-7-5-14(13-23)6-8-15/h1-13,20H. The summed E-state index contributed by atoms with van der Waals surface area (Å²) in [6, 6.07) is 19.5. The molecule has 0 fully saturated rings. The SMILES string of the molecule is O=Cc1ccc(C(c2ccc(F)cc2)c2ccccc2F)cc1. The van der Waals surface area contributed by atoms with Crippen molar-refractivity contribution < 1.29 is 13.6 Å². The summed E-state index contributed by atoms with van der Waals surface area (Å²) in [5.74, 6) is -1.02. The summed E-state index contributed by atoms with van der Waals surface area (Å²) >= 11 is 0. The van der Waals surface area contributed by atoms with Crippen molar-refractivity contribution in [3.05, 3.63) is 107 Å². The van der Waals surface area contributed by atoms with Gasteiger partial charge in [0.05, 0.1) is 0 Å². The van der Waals surface area contributed by atoms with Crippen LogP contribution in [0.1, 0.15) is 33.0 Å². The third-order valence-corrected chi connectivity index (χ3v) is 3.83. The minimum Gasteiger partial charge on any atom is -0.298 e. The monoisotopic (exact) mass is 308 g/mol. The fraction of sp³-hybridized carbons (Fsp3) is 0.0500. The molecule has 0 aliphatic carbocycles. The second-order valence-corrected chi connectivity index (χ2v) is 5.29. The van der Waals surface area contributed by atoms with Crippen molar-refractivity contribution in [1.82, 2.24) is 0 Å². The van der Waals surface area contributed by atoms with Crippen molar-refractivity contribution in [2.75, 3.05) is 0 Å². The molecule has 1 atom stereocenters. The Morgan fingerprint density at radius 2 is 1.30 bits per heavy atom. The number of benzene rings is 3. The van der Waals surface area contributed by atoms with E-state index in [4.69, 9.17) is 0 Å². The maximum absolute atomic E-state index is 14.3. The number of hydrogen-bond acceptors (Lipinski definition) is 1. The van der Waals surface area contributed by atoms with Gasteiger partial charge in [-0.3, -0.25) is 4.79 Å². The molecule has 3 aromatic rings. The molecule has 0 saturated carbocycles. The van der Waals surface area contributed by atoms with Gasteiger partial charge >= 0.3 is 0 Å². The lowest BCUT2D eigenvalue weighted by atomic mass is 9.84. The fourth-order valence-electron chi connectivity index (χ4n) is 2.68. The maximum Gasteiger partial charge on any atom is 0.150 e. The van der Waals surface area contributed by atoms with Gasteiger partial charge in [-0.15, -0.1) is 0 Å². The Hall–Kier alpha value is -2.81. The zero-order valence-corrected chi connectivity index (χ0v) is 12.2. The second-order valence-electron chi connectivity index (χ2n) is 5.29. The minimum absolute atomic E-state index is 0.318. The van der Waals surface area contributed by atoms with Gasteiger partial charge in [0.2, 0.25) is 0 Å². The topological polar surface area (TPSA) is 17.1 Å². The Kier molecular flexibility index (Phi) is 4.29. The predicted molar refractivity (Wildman–Crippen MR) is 85.6 cm³/mol. The molecule has 1 nitrogen and oxygen atoms in total. The van der Waals surface area contributed by atoms with Crippen LogP contribution in [0.3, 0.4) is 0 Å². The highest BCUT2D eigenvalue weighted by atomic mass is 19.1. The lowest BCUT2D eigenvalue weighted by molar-refractivity contribution is 0.112. The van der Waals surface area contributed by atoms with Crippen LogP contribution in [0.15, 0.2) is 72.8 Å². The number of hydrogen-bond donors (Lipinski definition) is 0. The Bertz CT molecular complexity index is 808. The normalized spacial score (nSPS) is 11.9. The van der Waals surface area contributed by atoms with Gasteiger partial charge in [-0.1, -0.05) is 54.6 Å². The van der Waals surface area contributed by atoms with Crippen LogP contribution in [0.25, 0.3) is 0 Å². The average Bonchev–Trinajstić information content (AvgIpc) is 2.59. The molecule has 0 spiro atoms. The lowest BCUT2D eigenvalue weighted by Crippen LogP contribution is -2.06. The first-order valence-corrected chi connectivity index (χ1v) is 7.24. The highest BCUT2D eigenvalue weighted by Crippen LogP contribution is 2.33. The number of rotatable bonds is 4. The van der Waals surface area contributed by atoms with Gasteiger partial charge in [0.1, 0.15) is 17.9 Å². The Morgan fingerprint density at radius 3 is 1.87 bits per heavy atom. The molecule has 0 amide bonds. The molecule has 0 saturated heterocycles. The van der Waals surface area contributed by atoms with Crippen LogP contribution in [-0.4, -0.2) is 6.29 Å². The van der Waals surface area contributed by atoms with Crippen molar-refractivity contribution >= 4 is 6.29 Å². The summed E-state index contributed by atoms with van der Waals surface area (Å²) in [5.41, 5.74) is 2.70. The fourth-order valence-corrected chi connectivity index (χ4v) is 2.68. The molecule has 3 rings (SSSR count). The summed E-state index contributed by atoms with van der Waals surface area (Å²) in [6.45, 7) is 0. The van der Waals surface area contributed by atoms with E-state index in [1.807, 2.05) is 0 Å². The molecule has 114 valence electrons.